The molecule has 1 atom stereocenters. The zero-order valence-electron chi connectivity index (χ0n) is 22.3. The summed E-state index contributed by atoms with van der Waals surface area (Å²) in [6.45, 7) is 3.68. The summed E-state index contributed by atoms with van der Waals surface area (Å²) in [5.41, 5.74) is 3.52. The van der Waals surface area contributed by atoms with Crippen LogP contribution in [0.2, 0.25) is 0 Å². The van der Waals surface area contributed by atoms with Crippen molar-refractivity contribution < 1.29 is 19.1 Å². The van der Waals surface area contributed by atoms with Crippen molar-refractivity contribution in [1.82, 2.24) is 14.7 Å². The van der Waals surface area contributed by atoms with E-state index in [-0.39, 0.29) is 29.4 Å². The van der Waals surface area contributed by atoms with E-state index in [1.807, 2.05) is 60.5 Å². The summed E-state index contributed by atoms with van der Waals surface area (Å²) >= 11 is 1.52. The first kappa shape index (κ1) is 26.2. The van der Waals surface area contributed by atoms with Crippen LogP contribution in [0.4, 0.5) is 5.82 Å². The summed E-state index contributed by atoms with van der Waals surface area (Å²) in [4.78, 5) is 30.6. The van der Waals surface area contributed by atoms with Gasteiger partial charge in [0.25, 0.3) is 0 Å². The van der Waals surface area contributed by atoms with Gasteiger partial charge in [0.2, 0.25) is 11.8 Å². The molecule has 3 heterocycles. The molecule has 0 aliphatic carbocycles. The van der Waals surface area contributed by atoms with Crippen LogP contribution in [0.5, 0.6) is 11.5 Å². The van der Waals surface area contributed by atoms with E-state index >= 15 is 0 Å². The Bertz CT molecular complexity index is 1320. The summed E-state index contributed by atoms with van der Waals surface area (Å²) in [7, 11) is 5.12. The van der Waals surface area contributed by atoms with Crippen LogP contribution in [0.15, 0.2) is 48.5 Å². The van der Waals surface area contributed by atoms with Crippen LogP contribution in [0, 0.1) is 5.92 Å². The van der Waals surface area contributed by atoms with E-state index in [0.717, 1.165) is 48.3 Å². The predicted molar refractivity (Wildman–Crippen MR) is 150 cm³/mol. The van der Waals surface area contributed by atoms with Crippen LogP contribution < -0.4 is 14.4 Å². The largest absolute Gasteiger partial charge is 0.497 e. The molecule has 2 amide bonds. The highest BCUT2D eigenvalue weighted by Crippen LogP contribution is 2.50. The van der Waals surface area contributed by atoms with E-state index in [2.05, 4.69) is 6.92 Å². The zero-order valence-corrected chi connectivity index (χ0v) is 23.2. The molecule has 1 aromatic heterocycles. The van der Waals surface area contributed by atoms with Gasteiger partial charge in [-0.15, -0.1) is 11.8 Å². The van der Waals surface area contributed by atoms with E-state index in [1.165, 1.54) is 11.8 Å². The number of likely N-dealkylation sites (tertiary alicyclic amines) is 1. The van der Waals surface area contributed by atoms with E-state index in [9.17, 15) is 9.59 Å². The molecule has 2 aliphatic heterocycles. The molecular weight excluding hydrogens is 500 g/mol. The number of piperidine rings is 1. The first-order valence-electron chi connectivity index (χ1n) is 12.9. The summed E-state index contributed by atoms with van der Waals surface area (Å²) in [6.07, 6.45) is 1.98. The number of hydrogen-bond acceptors (Lipinski definition) is 6. The number of carbonyl (C=O) groups is 2. The summed E-state index contributed by atoms with van der Waals surface area (Å²) < 4.78 is 13.0. The second-order valence-electron chi connectivity index (χ2n) is 9.92. The molecule has 2 aliphatic rings. The fourth-order valence-corrected chi connectivity index (χ4v) is 6.49. The van der Waals surface area contributed by atoms with Crippen molar-refractivity contribution in [1.29, 1.82) is 0 Å². The minimum atomic E-state index is -0.265. The van der Waals surface area contributed by atoms with Crippen molar-refractivity contribution in [2.45, 2.75) is 25.0 Å². The fraction of sp³-hybridized carbons (Fsp3) is 0.414. The number of carbonyl (C=O) groups excluding carboxylic acids is 2. The van der Waals surface area contributed by atoms with Gasteiger partial charge in [-0.25, -0.2) is 0 Å². The zero-order chi connectivity index (χ0) is 26.8. The van der Waals surface area contributed by atoms with Crippen molar-refractivity contribution in [3.8, 4) is 22.8 Å². The molecule has 2 aromatic carbocycles. The number of benzene rings is 2. The molecule has 1 saturated heterocycles. The van der Waals surface area contributed by atoms with Crippen LogP contribution in [0.25, 0.3) is 11.3 Å². The number of aryl methyl sites for hydroxylation is 1. The monoisotopic (exact) mass is 534 g/mol. The van der Waals surface area contributed by atoms with Crippen LogP contribution >= 0.6 is 11.8 Å². The maximum atomic E-state index is 13.6. The van der Waals surface area contributed by atoms with Gasteiger partial charge in [0.1, 0.15) is 23.9 Å². The fourth-order valence-electron chi connectivity index (χ4n) is 5.28. The molecular formula is C29H34N4O4S. The second kappa shape index (κ2) is 11.1. The second-order valence-corrected chi connectivity index (χ2v) is 11.0. The van der Waals surface area contributed by atoms with Crippen LogP contribution in [-0.2, 0) is 16.6 Å². The number of aromatic nitrogens is 2. The van der Waals surface area contributed by atoms with Gasteiger partial charge >= 0.3 is 0 Å². The quantitative estimate of drug-likeness (QED) is 0.463. The van der Waals surface area contributed by atoms with E-state index in [4.69, 9.17) is 14.6 Å². The molecule has 0 spiro atoms. The Labute approximate surface area is 227 Å². The Morgan fingerprint density at radius 2 is 1.82 bits per heavy atom. The Morgan fingerprint density at radius 1 is 1.08 bits per heavy atom. The molecule has 0 saturated carbocycles. The number of anilines is 1. The normalized spacial score (nSPS) is 18.2. The highest BCUT2D eigenvalue weighted by atomic mass is 32.2. The summed E-state index contributed by atoms with van der Waals surface area (Å²) in [5.74, 6) is 2.76. The molecule has 5 rings (SSSR count). The Morgan fingerprint density at radius 3 is 2.50 bits per heavy atom. The van der Waals surface area contributed by atoms with Gasteiger partial charge in [0, 0.05) is 36.8 Å². The topological polar surface area (TPSA) is 76.9 Å². The number of nitrogens with zero attached hydrogens (tertiary/aromatic N) is 4. The molecule has 38 heavy (non-hydrogen) atoms. The lowest BCUT2D eigenvalue weighted by atomic mass is 9.98. The van der Waals surface area contributed by atoms with Gasteiger partial charge in [-0.3, -0.25) is 19.2 Å². The van der Waals surface area contributed by atoms with Crippen molar-refractivity contribution in [3.05, 3.63) is 59.7 Å². The lowest BCUT2D eigenvalue weighted by molar-refractivity contribution is -0.132. The first-order chi connectivity index (χ1) is 18.4. The Kier molecular flexibility index (Phi) is 7.65. The average molecular weight is 535 g/mol. The average Bonchev–Trinajstić information content (AvgIpc) is 3.21. The maximum Gasteiger partial charge on any atom is 0.242 e. The molecule has 200 valence electrons. The molecule has 1 unspecified atom stereocenters. The molecule has 3 aromatic rings. The van der Waals surface area contributed by atoms with E-state index in [1.54, 1.807) is 23.8 Å². The van der Waals surface area contributed by atoms with Gasteiger partial charge in [-0.05, 0) is 37.0 Å². The number of amides is 2. The predicted octanol–water partition coefficient (Wildman–Crippen LogP) is 4.53. The molecule has 0 radical (unpaired) electrons. The number of fused-ring (bicyclic) bond motifs is 1. The molecule has 9 heteroatoms. The smallest absolute Gasteiger partial charge is 0.242 e. The van der Waals surface area contributed by atoms with Crippen LogP contribution in [-0.4, -0.2) is 66.1 Å². The lowest BCUT2D eigenvalue weighted by Gasteiger charge is -2.32. The van der Waals surface area contributed by atoms with Gasteiger partial charge in [-0.1, -0.05) is 37.3 Å². The molecule has 0 bridgehead atoms. The van der Waals surface area contributed by atoms with Gasteiger partial charge in [0.05, 0.1) is 30.9 Å². The van der Waals surface area contributed by atoms with Crippen molar-refractivity contribution in [2.24, 2.45) is 13.0 Å². The third kappa shape index (κ3) is 4.99. The lowest BCUT2D eigenvalue weighted by Crippen LogP contribution is -2.46. The summed E-state index contributed by atoms with van der Waals surface area (Å²) in [6, 6.07) is 15.7. The van der Waals surface area contributed by atoms with Crippen molar-refractivity contribution in [3.63, 3.8) is 0 Å². The third-order valence-electron chi connectivity index (χ3n) is 7.44. The highest BCUT2D eigenvalue weighted by molar-refractivity contribution is 8.00. The number of thioether (sulfide) groups is 1. The minimum absolute atomic E-state index is 0.00347. The number of rotatable bonds is 6. The van der Waals surface area contributed by atoms with E-state index < -0.39 is 0 Å². The molecule has 0 N–H and O–H groups in total. The molecule has 1 fully saturated rings. The number of methoxy groups -OCH3 is 2. The SMILES string of the molecule is COc1ccc(OC)c(C2SCC(=O)N(CC(=O)N3CCC(C)CC3)c3c2c(-c2ccccc2)nn3C)c1. The third-order valence-corrected chi connectivity index (χ3v) is 8.68. The van der Waals surface area contributed by atoms with Gasteiger partial charge in [-0.2, -0.15) is 5.10 Å². The standard InChI is InChI=1S/C29H34N4O4S/c1-19-12-14-32(15-13-19)24(34)17-33-25(35)18-38-28(22-16-21(36-3)10-11-23(22)37-4)26-27(30-31(2)29(26)33)20-8-6-5-7-9-20/h5-11,16,19,28H,12-15,17-18H2,1-4H3. The van der Waals surface area contributed by atoms with Crippen molar-refractivity contribution >= 4 is 29.4 Å². The molecule has 8 nitrogen and oxygen atoms in total. The summed E-state index contributed by atoms with van der Waals surface area (Å²) in [5, 5.41) is 4.64. The van der Waals surface area contributed by atoms with E-state index in [0.29, 0.717) is 23.2 Å². The first-order valence-corrected chi connectivity index (χ1v) is 14.0. The van der Waals surface area contributed by atoms with Gasteiger partial charge < -0.3 is 14.4 Å². The maximum absolute atomic E-state index is 13.6. The minimum Gasteiger partial charge on any atom is -0.497 e. The van der Waals surface area contributed by atoms with Crippen LogP contribution in [0.1, 0.15) is 36.1 Å². The number of ether oxygens (including phenoxy) is 2. The van der Waals surface area contributed by atoms with Crippen LogP contribution in [0.3, 0.4) is 0 Å². The van der Waals surface area contributed by atoms with Crippen molar-refractivity contribution in [2.75, 3.05) is 44.5 Å². The number of hydrogen-bond donors (Lipinski definition) is 0. The Hall–Kier alpha value is -3.46. The Balaban J connectivity index is 1.64. The highest BCUT2D eigenvalue weighted by Gasteiger charge is 2.38. The van der Waals surface area contributed by atoms with Gasteiger partial charge in [0.15, 0.2) is 0 Å².